The summed E-state index contributed by atoms with van der Waals surface area (Å²) >= 11 is 5.56. The molecule has 0 bridgehead atoms. The average Bonchev–Trinajstić information content (AvgIpc) is 2.34. The van der Waals surface area contributed by atoms with Crippen LogP contribution >= 0.6 is 11.6 Å². The third kappa shape index (κ3) is 1.68. The Morgan fingerprint density at radius 2 is 2.55 bits per heavy atom. The second-order valence-electron chi connectivity index (χ2n) is 2.02. The van der Waals surface area contributed by atoms with Gasteiger partial charge in [-0.15, -0.1) is 11.6 Å². The lowest BCUT2D eigenvalue weighted by Gasteiger charge is -1.97. The minimum Gasteiger partial charge on any atom is -0.368 e. The number of hydrogen-bond acceptors (Lipinski definition) is 3. The number of aryl methyl sites for hydroxylation is 1. The lowest BCUT2D eigenvalue weighted by molar-refractivity contribution is -0.117. The van der Waals surface area contributed by atoms with Gasteiger partial charge < -0.3 is 5.73 Å². The Labute approximate surface area is 68.1 Å². The fourth-order valence-corrected chi connectivity index (χ4v) is 0.723. The molecule has 0 radical (unpaired) electrons. The lowest BCUT2D eigenvalue weighted by atomic mass is 10.3. The summed E-state index contributed by atoms with van der Waals surface area (Å²) in [4.78, 5) is 11.8. The van der Waals surface area contributed by atoms with Crippen LogP contribution in [0.25, 0.3) is 0 Å². The van der Waals surface area contributed by atoms with Crippen molar-refractivity contribution in [3.8, 4) is 0 Å². The van der Waals surface area contributed by atoms with Crippen LogP contribution in [-0.4, -0.2) is 20.9 Å². The maximum Gasteiger partial charge on any atom is 0.241 e. The quantitative estimate of drug-likeness (QED) is 0.619. The summed E-state index contributed by atoms with van der Waals surface area (Å²) in [6.45, 7) is 0. The second kappa shape index (κ2) is 2.87. The molecule has 1 amide bonds. The molecule has 0 spiro atoms. The normalized spacial score (nSPS) is 12.9. The first-order valence-electron chi connectivity index (χ1n) is 2.91. The van der Waals surface area contributed by atoms with Crippen LogP contribution in [0.15, 0.2) is 6.20 Å². The maximum absolute atomic E-state index is 10.5. The van der Waals surface area contributed by atoms with Gasteiger partial charge in [-0.05, 0) is 0 Å². The number of nitrogens with two attached hydrogens (primary N) is 1. The monoisotopic (exact) mass is 174 g/mol. The summed E-state index contributed by atoms with van der Waals surface area (Å²) in [7, 11) is 1.63. The van der Waals surface area contributed by atoms with E-state index in [4.69, 9.17) is 17.3 Å². The molecule has 1 rings (SSSR count). The van der Waals surface area contributed by atoms with E-state index in [1.54, 1.807) is 7.05 Å². The molecule has 0 aliphatic rings. The minimum absolute atomic E-state index is 0.377. The molecule has 11 heavy (non-hydrogen) atoms. The van der Waals surface area contributed by atoms with Gasteiger partial charge in [0.25, 0.3) is 0 Å². The Hall–Kier alpha value is -1.10. The number of alkyl halides is 1. The van der Waals surface area contributed by atoms with Crippen LogP contribution in [0.5, 0.6) is 0 Å². The summed E-state index contributed by atoms with van der Waals surface area (Å²) in [5, 5.41) is 6.65. The topological polar surface area (TPSA) is 73.8 Å². The van der Waals surface area contributed by atoms with Crippen LogP contribution in [0.4, 0.5) is 0 Å². The highest BCUT2D eigenvalue weighted by Crippen LogP contribution is 2.15. The van der Waals surface area contributed by atoms with Crippen molar-refractivity contribution >= 4 is 17.5 Å². The van der Waals surface area contributed by atoms with E-state index >= 15 is 0 Å². The van der Waals surface area contributed by atoms with Crippen molar-refractivity contribution in [3.05, 3.63) is 11.9 Å². The molecule has 0 fully saturated rings. The van der Waals surface area contributed by atoms with E-state index in [1.807, 2.05) is 0 Å². The smallest absolute Gasteiger partial charge is 0.241 e. The Morgan fingerprint density at radius 1 is 1.91 bits per heavy atom. The fourth-order valence-electron chi connectivity index (χ4n) is 0.623. The van der Waals surface area contributed by atoms with Crippen molar-refractivity contribution in [3.63, 3.8) is 0 Å². The van der Waals surface area contributed by atoms with Gasteiger partial charge in [-0.1, -0.05) is 0 Å². The van der Waals surface area contributed by atoms with E-state index in [9.17, 15) is 4.79 Å². The first-order valence-corrected chi connectivity index (χ1v) is 3.34. The fraction of sp³-hybridized carbons (Fsp3) is 0.400. The zero-order valence-electron chi connectivity index (χ0n) is 5.86. The Kier molecular flexibility index (Phi) is 2.09. The molecule has 0 aliphatic carbocycles. The first-order chi connectivity index (χ1) is 5.11. The van der Waals surface area contributed by atoms with Crippen LogP contribution in [0.3, 0.4) is 0 Å². The molecule has 6 heteroatoms. The predicted molar refractivity (Wildman–Crippen MR) is 38.8 cm³/mol. The van der Waals surface area contributed by atoms with Gasteiger partial charge in [0.05, 0.1) is 6.20 Å². The Morgan fingerprint density at radius 3 is 2.91 bits per heavy atom. The van der Waals surface area contributed by atoms with E-state index < -0.39 is 11.3 Å². The highest BCUT2D eigenvalue weighted by Gasteiger charge is 2.16. The number of aromatic nitrogens is 3. The van der Waals surface area contributed by atoms with Gasteiger partial charge >= 0.3 is 0 Å². The number of halogens is 1. The van der Waals surface area contributed by atoms with E-state index in [1.165, 1.54) is 11.0 Å². The average molecular weight is 175 g/mol. The molecule has 1 aromatic rings. The predicted octanol–water partition coefficient (Wildman–Crippen LogP) is -0.420. The zero-order chi connectivity index (χ0) is 8.43. The molecular formula is C5H7ClN4O. The van der Waals surface area contributed by atoms with Gasteiger partial charge in [-0.2, -0.15) is 15.0 Å². The van der Waals surface area contributed by atoms with E-state index in [2.05, 4.69) is 10.2 Å². The van der Waals surface area contributed by atoms with Gasteiger partial charge in [-0.3, -0.25) is 4.79 Å². The number of primary amides is 1. The van der Waals surface area contributed by atoms with Crippen LogP contribution in [-0.2, 0) is 11.8 Å². The molecule has 1 heterocycles. The summed E-state index contributed by atoms with van der Waals surface area (Å²) in [5.41, 5.74) is 5.31. The number of amides is 1. The van der Waals surface area contributed by atoms with Crippen molar-refractivity contribution in [2.24, 2.45) is 12.8 Å². The van der Waals surface area contributed by atoms with Crippen LogP contribution < -0.4 is 5.73 Å². The van der Waals surface area contributed by atoms with E-state index in [0.29, 0.717) is 5.69 Å². The van der Waals surface area contributed by atoms with E-state index in [-0.39, 0.29) is 0 Å². The number of hydrogen-bond donors (Lipinski definition) is 1. The molecule has 1 aromatic heterocycles. The van der Waals surface area contributed by atoms with Crippen molar-refractivity contribution in [2.75, 3.05) is 0 Å². The molecule has 1 atom stereocenters. The van der Waals surface area contributed by atoms with Crippen molar-refractivity contribution in [2.45, 2.75) is 5.38 Å². The Bertz CT molecular complexity index is 271. The summed E-state index contributed by atoms with van der Waals surface area (Å²) in [5.74, 6) is -0.618. The van der Waals surface area contributed by atoms with Crippen molar-refractivity contribution in [1.82, 2.24) is 15.0 Å². The molecular weight excluding hydrogens is 168 g/mol. The lowest BCUT2D eigenvalue weighted by Crippen LogP contribution is -2.17. The summed E-state index contributed by atoms with van der Waals surface area (Å²) in [6, 6.07) is 0. The first kappa shape index (κ1) is 8.00. The van der Waals surface area contributed by atoms with Crippen molar-refractivity contribution < 1.29 is 4.79 Å². The standard InChI is InChI=1S/C5H7ClN4O/c1-10-8-2-3(9-10)4(6)5(7)11/h2,4H,1H3,(H2,7,11). The Balaban J connectivity index is 2.84. The molecule has 0 saturated carbocycles. The van der Waals surface area contributed by atoms with Gasteiger partial charge in [0.15, 0.2) is 5.38 Å². The van der Waals surface area contributed by atoms with Gasteiger partial charge in [-0.25, -0.2) is 0 Å². The SMILES string of the molecule is Cn1ncc(C(Cl)C(N)=O)n1. The molecule has 1 unspecified atom stereocenters. The molecule has 5 nitrogen and oxygen atoms in total. The van der Waals surface area contributed by atoms with Crippen LogP contribution in [0, 0.1) is 0 Å². The van der Waals surface area contributed by atoms with E-state index in [0.717, 1.165) is 0 Å². The number of rotatable bonds is 2. The zero-order valence-corrected chi connectivity index (χ0v) is 6.62. The van der Waals surface area contributed by atoms with Gasteiger partial charge in [0.1, 0.15) is 5.69 Å². The van der Waals surface area contributed by atoms with Crippen LogP contribution in [0.2, 0.25) is 0 Å². The molecule has 60 valence electrons. The molecule has 0 saturated heterocycles. The third-order valence-electron chi connectivity index (χ3n) is 1.13. The number of carbonyl (C=O) groups excluding carboxylic acids is 1. The number of nitrogens with zero attached hydrogens (tertiary/aromatic N) is 3. The minimum atomic E-state index is -0.885. The van der Waals surface area contributed by atoms with Crippen LogP contribution in [0.1, 0.15) is 11.1 Å². The van der Waals surface area contributed by atoms with Gasteiger partial charge in [0.2, 0.25) is 5.91 Å². The number of carbonyl (C=O) groups is 1. The maximum atomic E-state index is 10.5. The largest absolute Gasteiger partial charge is 0.368 e. The molecule has 2 N–H and O–H groups in total. The molecule has 0 aliphatic heterocycles. The third-order valence-corrected chi connectivity index (χ3v) is 1.57. The van der Waals surface area contributed by atoms with Crippen molar-refractivity contribution in [1.29, 1.82) is 0 Å². The molecule has 0 aromatic carbocycles. The summed E-state index contributed by atoms with van der Waals surface area (Å²) in [6.07, 6.45) is 1.41. The highest BCUT2D eigenvalue weighted by atomic mass is 35.5. The highest BCUT2D eigenvalue weighted by molar-refractivity contribution is 6.30. The summed E-state index contributed by atoms with van der Waals surface area (Å²) < 4.78 is 0. The van der Waals surface area contributed by atoms with Gasteiger partial charge in [0, 0.05) is 7.05 Å². The second-order valence-corrected chi connectivity index (χ2v) is 2.46.